The standard InChI is InChI=1S/C29H44O4/c1-17-8-13-29(31-16-17)18(2)26-25(33-29)15-24-22-7-6-20-14-21(32-19(3)30)9-11-27(20,4)23(22)10-12-28(24,26)5/h10,12,17-18,20-26H,6-9,11,13-16H2,1-5H3/t17-,18-,20-,21+,22-,23+,24+,25-,26+,27-,28+,29+/m0/s1. The van der Waals surface area contributed by atoms with Crippen molar-refractivity contribution in [1.82, 2.24) is 0 Å². The van der Waals surface area contributed by atoms with Gasteiger partial charge in [0.05, 0.1) is 12.7 Å². The van der Waals surface area contributed by atoms with Gasteiger partial charge in [-0.2, -0.15) is 0 Å². The third-order valence-electron chi connectivity index (χ3n) is 11.7. The Balaban J connectivity index is 1.25. The molecule has 3 saturated carbocycles. The van der Waals surface area contributed by atoms with Crippen LogP contribution >= 0.6 is 0 Å². The van der Waals surface area contributed by atoms with Crippen LogP contribution in [-0.4, -0.2) is 30.6 Å². The minimum absolute atomic E-state index is 0.119. The Morgan fingerprint density at radius 2 is 1.88 bits per heavy atom. The molecule has 0 radical (unpaired) electrons. The maximum Gasteiger partial charge on any atom is 0.302 e. The molecule has 5 fully saturated rings. The number of fused-ring (bicyclic) bond motifs is 7. The molecule has 1 spiro atoms. The van der Waals surface area contributed by atoms with Crippen LogP contribution in [-0.2, 0) is 19.0 Å². The van der Waals surface area contributed by atoms with Gasteiger partial charge in [0, 0.05) is 25.2 Å². The Bertz CT molecular complexity index is 827. The molecule has 2 saturated heterocycles. The van der Waals surface area contributed by atoms with E-state index in [0.29, 0.717) is 47.0 Å². The fourth-order valence-electron chi connectivity index (χ4n) is 9.92. The summed E-state index contributed by atoms with van der Waals surface area (Å²) in [6.45, 7) is 12.2. The van der Waals surface area contributed by atoms with Gasteiger partial charge in [0.25, 0.3) is 0 Å². The lowest BCUT2D eigenvalue weighted by Crippen LogP contribution is -2.53. The topological polar surface area (TPSA) is 44.8 Å². The summed E-state index contributed by atoms with van der Waals surface area (Å²) in [6, 6.07) is 0. The second-order valence-electron chi connectivity index (χ2n) is 13.3. The van der Waals surface area contributed by atoms with Crippen LogP contribution in [0.3, 0.4) is 0 Å². The van der Waals surface area contributed by atoms with Crippen molar-refractivity contribution in [1.29, 1.82) is 0 Å². The van der Waals surface area contributed by atoms with E-state index in [1.54, 1.807) is 6.92 Å². The maximum absolute atomic E-state index is 11.5. The molecule has 4 nitrogen and oxygen atoms in total. The lowest BCUT2D eigenvalue weighted by molar-refractivity contribution is -0.272. The summed E-state index contributed by atoms with van der Waals surface area (Å²) in [6.07, 6.45) is 15.1. The second-order valence-corrected chi connectivity index (χ2v) is 13.3. The van der Waals surface area contributed by atoms with E-state index in [1.807, 2.05) is 0 Å². The minimum atomic E-state index is -0.334. The van der Waals surface area contributed by atoms with Crippen LogP contribution < -0.4 is 0 Å². The van der Waals surface area contributed by atoms with Gasteiger partial charge >= 0.3 is 5.97 Å². The molecule has 0 bridgehead atoms. The van der Waals surface area contributed by atoms with Gasteiger partial charge in [-0.15, -0.1) is 0 Å². The normalized spacial score (nSPS) is 57.2. The van der Waals surface area contributed by atoms with Crippen molar-refractivity contribution < 1.29 is 19.0 Å². The maximum atomic E-state index is 11.5. The molecular formula is C29H44O4. The molecule has 4 heteroatoms. The van der Waals surface area contributed by atoms with Crippen molar-refractivity contribution >= 4 is 5.97 Å². The number of ether oxygens (including phenoxy) is 3. The predicted octanol–water partition coefficient (Wildman–Crippen LogP) is 6.14. The van der Waals surface area contributed by atoms with Crippen molar-refractivity contribution in [3.05, 3.63) is 12.2 Å². The number of esters is 1. The lowest BCUT2D eigenvalue weighted by Gasteiger charge is -2.59. The molecular weight excluding hydrogens is 412 g/mol. The fourth-order valence-corrected chi connectivity index (χ4v) is 9.92. The van der Waals surface area contributed by atoms with Crippen LogP contribution in [0, 0.1) is 52.3 Å². The van der Waals surface area contributed by atoms with Crippen molar-refractivity contribution in [2.75, 3.05) is 6.61 Å². The molecule has 33 heavy (non-hydrogen) atoms. The molecule has 0 aromatic heterocycles. The van der Waals surface area contributed by atoms with E-state index in [9.17, 15) is 4.79 Å². The fraction of sp³-hybridized carbons (Fsp3) is 0.897. The van der Waals surface area contributed by atoms with E-state index in [0.717, 1.165) is 31.8 Å². The van der Waals surface area contributed by atoms with E-state index in [1.165, 1.54) is 32.1 Å². The van der Waals surface area contributed by atoms with Crippen LogP contribution in [0.5, 0.6) is 0 Å². The zero-order chi connectivity index (χ0) is 23.2. The van der Waals surface area contributed by atoms with Gasteiger partial charge in [-0.05, 0) is 85.4 Å². The number of hydrogen-bond acceptors (Lipinski definition) is 4. The highest BCUT2D eigenvalue weighted by atomic mass is 16.7. The first-order chi connectivity index (χ1) is 15.7. The molecule has 184 valence electrons. The number of hydrogen-bond donors (Lipinski definition) is 0. The summed E-state index contributed by atoms with van der Waals surface area (Å²) in [5, 5.41) is 0. The zero-order valence-electron chi connectivity index (χ0n) is 21.3. The Morgan fingerprint density at radius 1 is 1.06 bits per heavy atom. The number of carbonyl (C=O) groups excluding carboxylic acids is 1. The predicted molar refractivity (Wildman–Crippen MR) is 127 cm³/mol. The van der Waals surface area contributed by atoms with E-state index in [2.05, 4.69) is 39.8 Å². The molecule has 0 amide bonds. The van der Waals surface area contributed by atoms with Crippen LogP contribution in [0.2, 0.25) is 0 Å². The summed E-state index contributed by atoms with van der Waals surface area (Å²) in [5.74, 6) is 4.02. The number of rotatable bonds is 1. The van der Waals surface area contributed by atoms with Gasteiger partial charge in [0.15, 0.2) is 5.79 Å². The van der Waals surface area contributed by atoms with Gasteiger partial charge < -0.3 is 14.2 Å². The summed E-state index contributed by atoms with van der Waals surface area (Å²) in [7, 11) is 0. The molecule has 2 heterocycles. The molecule has 0 aromatic carbocycles. The van der Waals surface area contributed by atoms with Crippen molar-refractivity contribution in [3.63, 3.8) is 0 Å². The molecule has 4 aliphatic carbocycles. The number of allylic oxidation sites excluding steroid dienone is 2. The van der Waals surface area contributed by atoms with Crippen LogP contribution in [0.25, 0.3) is 0 Å². The highest BCUT2D eigenvalue weighted by Gasteiger charge is 2.68. The number of carbonyl (C=O) groups is 1. The summed E-state index contributed by atoms with van der Waals surface area (Å²) >= 11 is 0. The van der Waals surface area contributed by atoms with Crippen molar-refractivity contribution in [2.24, 2.45) is 52.3 Å². The third-order valence-corrected chi connectivity index (χ3v) is 11.7. The molecule has 6 aliphatic rings. The minimum Gasteiger partial charge on any atom is -0.463 e. The first-order valence-corrected chi connectivity index (χ1v) is 13.8. The first kappa shape index (κ1) is 22.6. The van der Waals surface area contributed by atoms with Gasteiger partial charge in [-0.25, -0.2) is 0 Å². The smallest absolute Gasteiger partial charge is 0.302 e. The third kappa shape index (κ3) is 3.18. The average molecular weight is 457 g/mol. The van der Waals surface area contributed by atoms with Crippen LogP contribution in [0.1, 0.15) is 86.0 Å². The largest absolute Gasteiger partial charge is 0.463 e. The van der Waals surface area contributed by atoms with E-state index in [4.69, 9.17) is 14.2 Å². The monoisotopic (exact) mass is 456 g/mol. The quantitative estimate of drug-likeness (QED) is 0.351. The van der Waals surface area contributed by atoms with Crippen LogP contribution in [0.15, 0.2) is 12.2 Å². The van der Waals surface area contributed by atoms with E-state index < -0.39 is 0 Å². The SMILES string of the molecule is CC(=O)O[C@@H]1CC[C@@]2(C)[C@@H](CC[C@@H]3[C@H]4C[C@@H]5O[C@]6(CC[C@H](C)CO6)[C@@H](C)[C@H]5[C@]4(C)C=C[C@H]32)C1. The molecule has 0 aromatic rings. The van der Waals surface area contributed by atoms with Crippen molar-refractivity contribution in [3.8, 4) is 0 Å². The molecule has 2 aliphatic heterocycles. The average Bonchev–Trinajstić information content (AvgIpc) is 3.21. The Labute approximate surface area is 200 Å². The highest BCUT2D eigenvalue weighted by Crippen LogP contribution is 2.69. The molecule has 0 N–H and O–H groups in total. The van der Waals surface area contributed by atoms with E-state index in [-0.39, 0.29) is 23.3 Å². The summed E-state index contributed by atoms with van der Waals surface area (Å²) in [4.78, 5) is 11.5. The Hall–Kier alpha value is -0.870. The van der Waals surface area contributed by atoms with Crippen LogP contribution in [0.4, 0.5) is 0 Å². The lowest BCUT2D eigenvalue weighted by atomic mass is 9.46. The highest BCUT2D eigenvalue weighted by molar-refractivity contribution is 5.66. The second kappa shape index (κ2) is 7.56. The van der Waals surface area contributed by atoms with Gasteiger partial charge in [0.2, 0.25) is 0 Å². The van der Waals surface area contributed by atoms with Gasteiger partial charge in [-0.1, -0.05) is 39.8 Å². The molecule has 6 rings (SSSR count). The van der Waals surface area contributed by atoms with Gasteiger partial charge in [0.1, 0.15) is 6.10 Å². The first-order valence-electron chi connectivity index (χ1n) is 13.8. The van der Waals surface area contributed by atoms with Gasteiger partial charge in [-0.3, -0.25) is 4.79 Å². The molecule has 12 atom stereocenters. The Kier molecular flexibility index (Phi) is 5.18. The van der Waals surface area contributed by atoms with E-state index >= 15 is 0 Å². The molecule has 0 unspecified atom stereocenters. The van der Waals surface area contributed by atoms with Crippen molar-refractivity contribution in [2.45, 2.75) is 104 Å². The summed E-state index contributed by atoms with van der Waals surface area (Å²) < 4.78 is 19.0. The summed E-state index contributed by atoms with van der Waals surface area (Å²) in [5.41, 5.74) is 0.560. The zero-order valence-corrected chi connectivity index (χ0v) is 21.3. The Morgan fingerprint density at radius 3 is 2.61 bits per heavy atom.